The van der Waals surface area contributed by atoms with Gasteiger partial charge in [-0.05, 0) is 30.2 Å². The highest BCUT2D eigenvalue weighted by Crippen LogP contribution is 2.18. The van der Waals surface area contributed by atoms with Crippen molar-refractivity contribution in [3.8, 4) is 0 Å². The van der Waals surface area contributed by atoms with Gasteiger partial charge in [0.2, 0.25) is 5.91 Å². The monoisotopic (exact) mass is 337 g/mol. The van der Waals surface area contributed by atoms with Crippen LogP contribution in [0.1, 0.15) is 31.0 Å². The molecule has 0 radical (unpaired) electrons. The average molecular weight is 337 g/mol. The van der Waals surface area contributed by atoms with E-state index in [9.17, 15) is 4.79 Å². The normalized spacial score (nSPS) is 16.5. The zero-order chi connectivity index (χ0) is 17.6. The summed E-state index contributed by atoms with van der Waals surface area (Å²) in [6, 6.07) is 19.3. The summed E-state index contributed by atoms with van der Waals surface area (Å²) in [6.07, 6.45) is 0. The van der Waals surface area contributed by atoms with Crippen LogP contribution in [0.4, 0.5) is 5.69 Å². The first kappa shape index (κ1) is 17.5. The van der Waals surface area contributed by atoms with E-state index in [2.05, 4.69) is 69.7 Å². The van der Waals surface area contributed by atoms with E-state index >= 15 is 0 Å². The van der Waals surface area contributed by atoms with Crippen LogP contribution in [0.2, 0.25) is 0 Å². The fraction of sp³-hybridized carbons (Fsp3) is 0.381. The van der Waals surface area contributed by atoms with Crippen LogP contribution in [-0.2, 0) is 11.3 Å². The number of rotatable bonds is 5. The first-order chi connectivity index (χ1) is 12.1. The molecule has 1 atom stereocenters. The van der Waals surface area contributed by atoms with Gasteiger partial charge in [0.15, 0.2) is 0 Å². The second-order valence-corrected chi connectivity index (χ2v) is 6.76. The minimum atomic E-state index is 0.00728. The Morgan fingerprint density at radius 1 is 1.00 bits per heavy atom. The predicted molar refractivity (Wildman–Crippen MR) is 103 cm³/mol. The molecule has 0 aromatic heterocycles. The number of nitrogens with one attached hydrogen (secondary N) is 1. The molecule has 1 heterocycles. The molecule has 1 amide bonds. The van der Waals surface area contributed by atoms with Gasteiger partial charge < -0.3 is 10.2 Å². The van der Waals surface area contributed by atoms with Crippen LogP contribution in [0.15, 0.2) is 54.6 Å². The van der Waals surface area contributed by atoms with Crippen molar-refractivity contribution in [3.05, 3.63) is 65.7 Å². The van der Waals surface area contributed by atoms with Crippen molar-refractivity contribution >= 4 is 11.6 Å². The molecule has 1 aliphatic rings. The standard InChI is InChI=1S/C21H27N3O/c1-17(22-18(2)25)20-10-8-19(9-11-20)16-23-12-14-24(15-13-23)21-6-4-3-5-7-21/h3-11,17H,12-16H2,1-2H3,(H,22,25). The number of nitrogens with zero attached hydrogens (tertiary/aromatic N) is 2. The maximum atomic E-state index is 11.2. The van der Waals surface area contributed by atoms with Gasteiger partial charge in [-0.2, -0.15) is 0 Å². The van der Waals surface area contributed by atoms with Crippen LogP contribution in [0, 0.1) is 0 Å². The van der Waals surface area contributed by atoms with Crippen LogP contribution in [0.5, 0.6) is 0 Å². The molecule has 0 aliphatic carbocycles. The van der Waals surface area contributed by atoms with Crippen LogP contribution in [0.25, 0.3) is 0 Å². The van der Waals surface area contributed by atoms with Crippen molar-refractivity contribution in [3.63, 3.8) is 0 Å². The van der Waals surface area contributed by atoms with E-state index in [1.165, 1.54) is 11.3 Å². The van der Waals surface area contributed by atoms with E-state index in [4.69, 9.17) is 0 Å². The van der Waals surface area contributed by atoms with Gasteiger partial charge in [0.1, 0.15) is 0 Å². The molecule has 1 fully saturated rings. The number of para-hydroxylation sites is 1. The summed E-state index contributed by atoms with van der Waals surface area (Å²) in [5.74, 6) is 0.00728. The van der Waals surface area contributed by atoms with E-state index < -0.39 is 0 Å². The number of amides is 1. The summed E-state index contributed by atoms with van der Waals surface area (Å²) in [6.45, 7) is 8.86. The SMILES string of the molecule is CC(=O)NC(C)c1ccc(CN2CCN(c3ccccc3)CC2)cc1. The number of hydrogen-bond acceptors (Lipinski definition) is 3. The Morgan fingerprint density at radius 2 is 1.64 bits per heavy atom. The number of benzene rings is 2. The lowest BCUT2D eigenvalue weighted by atomic mass is 10.1. The third-order valence-corrected chi connectivity index (χ3v) is 4.80. The second-order valence-electron chi connectivity index (χ2n) is 6.76. The van der Waals surface area contributed by atoms with Crippen molar-refractivity contribution in [1.29, 1.82) is 0 Å². The largest absolute Gasteiger partial charge is 0.369 e. The van der Waals surface area contributed by atoms with Crippen LogP contribution in [-0.4, -0.2) is 37.0 Å². The van der Waals surface area contributed by atoms with Gasteiger partial charge in [-0.25, -0.2) is 0 Å². The number of anilines is 1. The van der Waals surface area contributed by atoms with Gasteiger partial charge >= 0.3 is 0 Å². The summed E-state index contributed by atoms with van der Waals surface area (Å²) in [5.41, 5.74) is 3.79. The molecule has 0 bridgehead atoms. The average Bonchev–Trinajstić information content (AvgIpc) is 2.63. The Morgan fingerprint density at radius 3 is 2.24 bits per heavy atom. The minimum Gasteiger partial charge on any atom is -0.369 e. The first-order valence-electron chi connectivity index (χ1n) is 9.00. The van der Waals surface area contributed by atoms with Crippen molar-refractivity contribution < 1.29 is 4.79 Å². The highest BCUT2D eigenvalue weighted by molar-refractivity contribution is 5.73. The zero-order valence-corrected chi connectivity index (χ0v) is 15.1. The molecule has 4 nitrogen and oxygen atoms in total. The lowest BCUT2D eigenvalue weighted by Gasteiger charge is -2.36. The third-order valence-electron chi connectivity index (χ3n) is 4.80. The molecule has 3 rings (SSSR count). The van der Waals surface area contributed by atoms with Crippen molar-refractivity contribution in [2.24, 2.45) is 0 Å². The molecule has 1 aliphatic heterocycles. The molecule has 0 saturated carbocycles. The van der Waals surface area contributed by atoms with Crippen LogP contribution >= 0.6 is 0 Å². The highest BCUT2D eigenvalue weighted by Gasteiger charge is 2.17. The molecule has 1 N–H and O–H groups in total. The Kier molecular flexibility index (Phi) is 5.71. The summed E-state index contributed by atoms with van der Waals surface area (Å²) < 4.78 is 0. The zero-order valence-electron chi connectivity index (χ0n) is 15.1. The van der Waals surface area contributed by atoms with Gasteiger partial charge in [-0.1, -0.05) is 42.5 Å². The van der Waals surface area contributed by atoms with Crippen molar-refractivity contribution in [1.82, 2.24) is 10.2 Å². The van der Waals surface area contributed by atoms with E-state index in [1.807, 2.05) is 6.92 Å². The summed E-state index contributed by atoms with van der Waals surface area (Å²) >= 11 is 0. The van der Waals surface area contributed by atoms with Crippen LogP contribution in [0.3, 0.4) is 0 Å². The minimum absolute atomic E-state index is 0.00728. The smallest absolute Gasteiger partial charge is 0.217 e. The molecule has 1 unspecified atom stereocenters. The lowest BCUT2D eigenvalue weighted by molar-refractivity contribution is -0.119. The van der Waals surface area contributed by atoms with Crippen LogP contribution < -0.4 is 10.2 Å². The van der Waals surface area contributed by atoms with E-state index in [0.29, 0.717) is 0 Å². The molecular formula is C21H27N3O. The third kappa shape index (κ3) is 4.83. The Hall–Kier alpha value is -2.33. The molecule has 0 spiro atoms. The van der Waals surface area contributed by atoms with E-state index in [-0.39, 0.29) is 11.9 Å². The Bertz CT molecular complexity index is 676. The summed E-state index contributed by atoms with van der Waals surface area (Å²) in [4.78, 5) is 16.1. The molecule has 2 aromatic carbocycles. The molecule has 132 valence electrons. The quantitative estimate of drug-likeness (QED) is 0.910. The number of carbonyl (C=O) groups excluding carboxylic acids is 1. The van der Waals surface area contributed by atoms with Crippen molar-refractivity contribution in [2.75, 3.05) is 31.1 Å². The second kappa shape index (κ2) is 8.17. The number of hydrogen-bond donors (Lipinski definition) is 1. The van der Waals surface area contributed by atoms with Gasteiger partial charge in [0, 0.05) is 45.3 Å². The fourth-order valence-corrected chi connectivity index (χ4v) is 3.36. The van der Waals surface area contributed by atoms with Gasteiger partial charge in [-0.15, -0.1) is 0 Å². The predicted octanol–water partition coefficient (Wildman–Crippen LogP) is 3.21. The lowest BCUT2D eigenvalue weighted by Crippen LogP contribution is -2.45. The molecule has 2 aromatic rings. The molecule has 25 heavy (non-hydrogen) atoms. The van der Waals surface area contributed by atoms with Gasteiger partial charge in [0.05, 0.1) is 6.04 Å². The van der Waals surface area contributed by atoms with Gasteiger partial charge in [-0.3, -0.25) is 9.69 Å². The summed E-state index contributed by atoms with van der Waals surface area (Å²) in [7, 11) is 0. The Balaban J connectivity index is 1.51. The highest BCUT2D eigenvalue weighted by atomic mass is 16.1. The van der Waals surface area contributed by atoms with E-state index in [1.54, 1.807) is 6.92 Å². The number of carbonyl (C=O) groups is 1. The number of piperazine rings is 1. The molecular weight excluding hydrogens is 310 g/mol. The summed E-state index contributed by atoms with van der Waals surface area (Å²) in [5, 5.41) is 2.93. The first-order valence-corrected chi connectivity index (χ1v) is 9.00. The molecule has 1 saturated heterocycles. The van der Waals surface area contributed by atoms with Crippen molar-refractivity contribution in [2.45, 2.75) is 26.4 Å². The topological polar surface area (TPSA) is 35.6 Å². The maximum Gasteiger partial charge on any atom is 0.217 e. The maximum absolute atomic E-state index is 11.2. The van der Waals surface area contributed by atoms with Gasteiger partial charge in [0.25, 0.3) is 0 Å². The molecule has 4 heteroatoms. The van der Waals surface area contributed by atoms with E-state index in [0.717, 1.165) is 38.3 Å². The fourth-order valence-electron chi connectivity index (χ4n) is 3.36. The Labute approximate surface area is 150 Å².